The van der Waals surface area contributed by atoms with Crippen molar-refractivity contribution in [2.24, 2.45) is 0 Å². The summed E-state index contributed by atoms with van der Waals surface area (Å²) in [5, 5.41) is 3.87. The highest BCUT2D eigenvalue weighted by Crippen LogP contribution is 2.18. The van der Waals surface area contributed by atoms with E-state index in [-0.39, 0.29) is 17.4 Å². The third kappa shape index (κ3) is 11.8. The van der Waals surface area contributed by atoms with Crippen molar-refractivity contribution in [2.45, 2.75) is 39.4 Å². The molecule has 1 amide bonds. The minimum Gasteiger partial charge on any atom is -0.361 e. The Kier molecular flexibility index (Phi) is 11.5. The second kappa shape index (κ2) is 13.9. The van der Waals surface area contributed by atoms with E-state index in [9.17, 15) is 21.6 Å². The molecule has 1 aromatic heterocycles. The summed E-state index contributed by atoms with van der Waals surface area (Å²) in [5.74, 6) is 3.12. The smallest absolute Gasteiger partial charge is 0.221 e. The lowest BCUT2D eigenvalue weighted by atomic mass is 10.1. The molecule has 1 heterocycles. The second-order valence-corrected chi connectivity index (χ2v) is 18.8. The minimum absolute atomic E-state index is 0.0177. The first-order valence-corrected chi connectivity index (χ1v) is 19.3. The van der Waals surface area contributed by atoms with Gasteiger partial charge < -0.3 is 10.3 Å². The standard InChI is InChI=1S/C16H24N2O3SSi.C11H14N2O2S/c1-13(19)18-16-7-6-14(8-10-22(20,21)17-2)12-15(16)9-11-23(3,4)5;1-12-16(14,15)7-5-9-2-3-11-10(8-9)4-6-13-11/h6-7,12,17H,8,10H2,1-5H3,(H,18,19);2-4,6,8,12-13H,5,7H2,1H3. The predicted octanol–water partition coefficient (Wildman–Crippen LogP) is 3.23. The van der Waals surface area contributed by atoms with Gasteiger partial charge in [0.2, 0.25) is 26.0 Å². The highest BCUT2D eigenvalue weighted by atomic mass is 32.2. The monoisotopic (exact) mass is 590 g/mol. The zero-order valence-electron chi connectivity index (χ0n) is 23.3. The maximum atomic E-state index is 11.5. The molecule has 3 rings (SSSR count). The molecule has 0 spiro atoms. The Morgan fingerprint density at radius 2 is 1.44 bits per heavy atom. The van der Waals surface area contributed by atoms with Crippen molar-refractivity contribution in [2.75, 3.05) is 30.9 Å². The summed E-state index contributed by atoms with van der Waals surface area (Å²) in [7, 11) is -5.08. The zero-order chi connectivity index (χ0) is 29.3. The maximum absolute atomic E-state index is 11.5. The average molecular weight is 591 g/mol. The Morgan fingerprint density at radius 1 is 0.872 bits per heavy atom. The third-order valence-electron chi connectivity index (χ3n) is 5.53. The van der Waals surface area contributed by atoms with Gasteiger partial charge in [-0.1, -0.05) is 37.7 Å². The van der Waals surface area contributed by atoms with Gasteiger partial charge in [0, 0.05) is 24.2 Å². The van der Waals surface area contributed by atoms with Crippen molar-refractivity contribution < 1.29 is 21.6 Å². The Morgan fingerprint density at radius 3 is 1.97 bits per heavy atom. The van der Waals surface area contributed by atoms with E-state index in [4.69, 9.17) is 0 Å². The summed E-state index contributed by atoms with van der Waals surface area (Å²) in [4.78, 5) is 14.4. The molecule has 3 aromatic rings. The van der Waals surface area contributed by atoms with E-state index in [1.54, 1.807) is 6.07 Å². The molecule has 0 saturated heterocycles. The summed E-state index contributed by atoms with van der Waals surface area (Å²) in [6, 6.07) is 13.3. The van der Waals surface area contributed by atoms with Crippen LogP contribution >= 0.6 is 0 Å². The van der Waals surface area contributed by atoms with Crippen molar-refractivity contribution in [1.82, 2.24) is 14.4 Å². The van der Waals surface area contributed by atoms with E-state index in [2.05, 4.69) is 50.9 Å². The normalized spacial score (nSPS) is 11.7. The van der Waals surface area contributed by atoms with Gasteiger partial charge in [-0.2, -0.15) is 0 Å². The molecule has 0 aliphatic rings. The highest BCUT2D eigenvalue weighted by Gasteiger charge is 2.11. The number of sulfonamides is 2. The molecule has 0 aliphatic heterocycles. The number of rotatable bonds is 9. The number of benzene rings is 2. The summed E-state index contributed by atoms with van der Waals surface area (Å²) in [6.07, 6.45) is 2.80. The van der Waals surface area contributed by atoms with Crippen LogP contribution in [0.3, 0.4) is 0 Å². The van der Waals surface area contributed by atoms with Crippen LogP contribution in [0.5, 0.6) is 0 Å². The van der Waals surface area contributed by atoms with Gasteiger partial charge in [-0.3, -0.25) is 4.79 Å². The van der Waals surface area contributed by atoms with E-state index in [1.165, 1.54) is 21.0 Å². The molecule has 39 heavy (non-hydrogen) atoms. The average Bonchev–Trinajstić information content (AvgIpc) is 3.34. The summed E-state index contributed by atoms with van der Waals surface area (Å²) >= 11 is 0. The van der Waals surface area contributed by atoms with Crippen LogP contribution in [0.1, 0.15) is 23.6 Å². The van der Waals surface area contributed by atoms with E-state index < -0.39 is 28.1 Å². The largest absolute Gasteiger partial charge is 0.361 e. The summed E-state index contributed by atoms with van der Waals surface area (Å²) in [6.45, 7) is 7.87. The van der Waals surface area contributed by atoms with Gasteiger partial charge in [-0.05, 0) is 73.8 Å². The molecule has 0 bridgehead atoms. The Bertz CT molecular complexity index is 1560. The molecule has 0 atom stereocenters. The molecule has 9 nitrogen and oxygen atoms in total. The summed E-state index contributed by atoms with van der Waals surface area (Å²) in [5.41, 5.74) is 7.63. The van der Waals surface area contributed by atoms with Gasteiger partial charge in [-0.25, -0.2) is 26.3 Å². The fraction of sp³-hybridized carbons (Fsp3) is 0.370. The maximum Gasteiger partial charge on any atom is 0.221 e. The first-order valence-electron chi connectivity index (χ1n) is 12.5. The van der Waals surface area contributed by atoms with E-state index in [0.717, 1.165) is 27.6 Å². The van der Waals surface area contributed by atoms with Crippen LogP contribution < -0.4 is 14.8 Å². The van der Waals surface area contributed by atoms with Gasteiger partial charge in [0.15, 0.2) is 0 Å². The second-order valence-electron chi connectivity index (χ2n) is 10.0. The van der Waals surface area contributed by atoms with Crippen molar-refractivity contribution >= 4 is 50.6 Å². The molecule has 12 heteroatoms. The fourth-order valence-electron chi connectivity index (χ4n) is 3.37. The number of anilines is 1. The molecule has 2 aromatic carbocycles. The van der Waals surface area contributed by atoms with E-state index in [0.29, 0.717) is 18.5 Å². The number of hydrogen-bond acceptors (Lipinski definition) is 5. The Labute approximate surface area is 233 Å². The number of aromatic amines is 1. The lowest BCUT2D eigenvalue weighted by molar-refractivity contribution is -0.114. The van der Waals surface area contributed by atoms with Crippen LogP contribution in [0.15, 0.2) is 48.7 Å². The number of aryl methyl sites for hydroxylation is 2. The Hall–Kier alpha value is -2.95. The minimum atomic E-state index is -3.24. The number of H-pyrrole nitrogens is 1. The molecule has 0 aliphatic carbocycles. The number of amides is 1. The lowest BCUT2D eigenvalue weighted by Crippen LogP contribution is -2.23. The van der Waals surface area contributed by atoms with E-state index in [1.807, 2.05) is 42.6 Å². The van der Waals surface area contributed by atoms with Crippen molar-refractivity contribution in [3.05, 3.63) is 65.4 Å². The van der Waals surface area contributed by atoms with Gasteiger partial charge in [0.05, 0.1) is 17.2 Å². The molecule has 0 radical (unpaired) electrons. The molecule has 212 valence electrons. The number of carbonyl (C=O) groups excluding carboxylic acids is 1. The quantitative estimate of drug-likeness (QED) is 0.224. The predicted molar refractivity (Wildman–Crippen MR) is 162 cm³/mol. The van der Waals surface area contributed by atoms with Gasteiger partial charge in [0.1, 0.15) is 8.07 Å². The van der Waals surface area contributed by atoms with Crippen LogP contribution in [0.4, 0.5) is 5.69 Å². The third-order valence-corrected chi connectivity index (χ3v) is 9.13. The van der Waals surface area contributed by atoms with Crippen LogP contribution in [-0.4, -0.2) is 61.4 Å². The number of fused-ring (bicyclic) bond motifs is 1. The highest BCUT2D eigenvalue weighted by molar-refractivity contribution is 7.89. The first-order chi connectivity index (χ1) is 18.1. The lowest BCUT2D eigenvalue weighted by Gasteiger charge is -2.10. The van der Waals surface area contributed by atoms with Crippen molar-refractivity contribution in [1.29, 1.82) is 0 Å². The van der Waals surface area contributed by atoms with Crippen LogP contribution in [0.2, 0.25) is 19.6 Å². The van der Waals surface area contributed by atoms with Gasteiger partial charge >= 0.3 is 0 Å². The topological polar surface area (TPSA) is 137 Å². The molecule has 0 unspecified atom stereocenters. The molecular weight excluding hydrogens is 553 g/mol. The van der Waals surface area contributed by atoms with E-state index >= 15 is 0 Å². The number of nitrogens with one attached hydrogen (secondary N) is 4. The molecule has 0 saturated carbocycles. The number of aromatic nitrogens is 1. The van der Waals surface area contributed by atoms with Crippen LogP contribution in [0.25, 0.3) is 10.9 Å². The first kappa shape index (κ1) is 32.3. The van der Waals surface area contributed by atoms with Crippen LogP contribution in [-0.2, 0) is 37.7 Å². The number of carbonyl (C=O) groups is 1. The van der Waals surface area contributed by atoms with Gasteiger partial charge in [-0.15, -0.1) is 5.54 Å². The van der Waals surface area contributed by atoms with Gasteiger partial charge in [0.25, 0.3) is 0 Å². The summed E-state index contributed by atoms with van der Waals surface area (Å²) < 4.78 is 50.2. The molecular formula is C27H38N4O5S2Si. The Balaban J connectivity index is 0.000000290. The number of hydrogen-bond donors (Lipinski definition) is 4. The SMILES string of the molecule is CNS(=O)(=O)CCc1ccc(NC(C)=O)c(C#C[Si](C)(C)C)c1.CNS(=O)(=O)CCc1ccc2[nH]ccc2c1. The molecule has 4 N–H and O–H groups in total. The zero-order valence-corrected chi connectivity index (χ0v) is 25.9. The van der Waals surface area contributed by atoms with Crippen LogP contribution in [0, 0.1) is 11.5 Å². The fourth-order valence-corrected chi connectivity index (χ4v) is 5.30. The molecule has 0 fully saturated rings. The van der Waals surface area contributed by atoms with Crippen molar-refractivity contribution in [3.63, 3.8) is 0 Å². The van der Waals surface area contributed by atoms with Crippen molar-refractivity contribution in [3.8, 4) is 11.5 Å².